The Balaban J connectivity index is 1.55. The number of aromatic nitrogens is 2. The third kappa shape index (κ3) is 6.72. The molecule has 0 radical (unpaired) electrons. The van der Waals surface area contributed by atoms with Crippen molar-refractivity contribution in [2.45, 2.75) is 103 Å². The summed E-state index contributed by atoms with van der Waals surface area (Å²) in [5, 5.41) is 8.44. The van der Waals surface area contributed by atoms with E-state index in [4.69, 9.17) is 23.6 Å². The van der Waals surface area contributed by atoms with Crippen LogP contribution < -0.4 is 29.7 Å². The number of hydrogen-bond acceptors (Lipinski definition) is 9. The van der Waals surface area contributed by atoms with Crippen molar-refractivity contribution >= 4 is 22.7 Å². The second kappa shape index (κ2) is 11.7. The van der Waals surface area contributed by atoms with Gasteiger partial charge in [0, 0.05) is 58.6 Å². The van der Waals surface area contributed by atoms with E-state index < -0.39 is 0 Å². The lowest BCUT2D eigenvalue weighted by atomic mass is 9.79. The predicted molar refractivity (Wildman–Crippen MR) is 156 cm³/mol. The fourth-order valence-electron chi connectivity index (χ4n) is 6.42. The molecule has 4 rings (SSSR count). The van der Waals surface area contributed by atoms with Crippen molar-refractivity contribution in [2.75, 3.05) is 26.2 Å². The van der Waals surface area contributed by atoms with Gasteiger partial charge in [0.1, 0.15) is 0 Å². The van der Waals surface area contributed by atoms with Gasteiger partial charge >= 0.3 is 0 Å². The van der Waals surface area contributed by atoms with Crippen molar-refractivity contribution < 1.29 is 14.2 Å². The van der Waals surface area contributed by atoms with Crippen LogP contribution in [-0.2, 0) is 6.54 Å². The van der Waals surface area contributed by atoms with Crippen LogP contribution >= 0.6 is 11.5 Å². The second-order valence-corrected chi connectivity index (χ2v) is 12.7. The summed E-state index contributed by atoms with van der Waals surface area (Å²) in [4.78, 5) is 7.38. The average Bonchev–Trinajstić information content (AvgIpc) is 3.52. The van der Waals surface area contributed by atoms with Gasteiger partial charge in [-0.05, 0) is 72.4 Å². The van der Waals surface area contributed by atoms with Crippen molar-refractivity contribution in [1.82, 2.24) is 20.0 Å². The summed E-state index contributed by atoms with van der Waals surface area (Å²) in [6, 6.07) is 4.83. The van der Waals surface area contributed by atoms with Crippen molar-refractivity contribution in [1.29, 1.82) is 0 Å². The minimum absolute atomic E-state index is 0.0960. The number of nitrogens with one attached hydrogen (secondary N) is 2. The SMILES string of the molecule is COc1ccc(CN(c2nc(C=C(C)NC3CC(C)(C)NC(C)(C)C3)ns2)C2CCCC2)c(OC)c1OC. The van der Waals surface area contributed by atoms with Gasteiger partial charge < -0.3 is 29.7 Å². The van der Waals surface area contributed by atoms with Gasteiger partial charge in [-0.2, -0.15) is 9.36 Å². The monoisotopic (exact) mass is 543 g/mol. The first-order chi connectivity index (χ1) is 18.0. The van der Waals surface area contributed by atoms with E-state index in [0.29, 0.717) is 35.9 Å². The summed E-state index contributed by atoms with van der Waals surface area (Å²) in [7, 11) is 4.96. The molecule has 1 aliphatic carbocycles. The maximum absolute atomic E-state index is 5.78. The Morgan fingerprint density at radius 1 is 1.05 bits per heavy atom. The van der Waals surface area contributed by atoms with Gasteiger partial charge in [0.25, 0.3) is 0 Å². The summed E-state index contributed by atoms with van der Waals surface area (Å²) < 4.78 is 21.6. The smallest absolute Gasteiger partial charge is 0.206 e. The molecule has 38 heavy (non-hydrogen) atoms. The molecule has 2 N–H and O–H groups in total. The lowest BCUT2D eigenvalue weighted by molar-refractivity contribution is 0.151. The summed E-state index contributed by atoms with van der Waals surface area (Å²) in [5.74, 6) is 2.73. The van der Waals surface area contributed by atoms with Gasteiger partial charge in [-0.25, -0.2) is 0 Å². The minimum Gasteiger partial charge on any atom is -0.493 e. The first kappa shape index (κ1) is 28.5. The molecule has 0 spiro atoms. The number of allylic oxidation sites excluding steroid dienone is 1. The molecule has 2 aromatic rings. The third-order valence-electron chi connectivity index (χ3n) is 7.54. The van der Waals surface area contributed by atoms with Gasteiger partial charge in [0.2, 0.25) is 10.9 Å². The Labute approximate surface area is 232 Å². The zero-order valence-electron chi connectivity index (χ0n) is 24.3. The van der Waals surface area contributed by atoms with Crippen LogP contribution in [0.15, 0.2) is 17.8 Å². The first-order valence-electron chi connectivity index (χ1n) is 13.7. The average molecular weight is 544 g/mol. The molecule has 1 aromatic carbocycles. The molecule has 1 aromatic heterocycles. The molecule has 210 valence electrons. The molecular weight excluding hydrogens is 498 g/mol. The summed E-state index contributed by atoms with van der Waals surface area (Å²) in [5.41, 5.74) is 2.33. The fraction of sp³-hybridized carbons (Fsp3) is 0.655. The number of nitrogens with zero attached hydrogens (tertiary/aromatic N) is 3. The maximum Gasteiger partial charge on any atom is 0.206 e. The Kier molecular flexibility index (Phi) is 8.77. The molecule has 0 unspecified atom stereocenters. The maximum atomic E-state index is 5.78. The van der Waals surface area contributed by atoms with Gasteiger partial charge in [0.05, 0.1) is 21.3 Å². The molecule has 2 fully saturated rings. The Morgan fingerprint density at radius 3 is 2.32 bits per heavy atom. The lowest BCUT2D eigenvalue weighted by Crippen LogP contribution is -2.61. The quantitative estimate of drug-likeness (QED) is 0.391. The number of methoxy groups -OCH3 is 3. The summed E-state index contributed by atoms with van der Waals surface area (Å²) >= 11 is 1.47. The van der Waals surface area contributed by atoms with Crippen LogP contribution in [0.4, 0.5) is 5.13 Å². The zero-order chi connectivity index (χ0) is 27.5. The van der Waals surface area contributed by atoms with Crippen LogP contribution in [0.1, 0.15) is 84.5 Å². The van der Waals surface area contributed by atoms with Crippen LogP contribution in [0.2, 0.25) is 0 Å². The molecular formula is C29H45N5O3S. The molecule has 8 nitrogen and oxygen atoms in total. The topological polar surface area (TPSA) is 80.8 Å². The van der Waals surface area contributed by atoms with Gasteiger partial charge in [-0.15, -0.1) is 0 Å². The van der Waals surface area contributed by atoms with E-state index in [9.17, 15) is 0 Å². The number of anilines is 1. The third-order valence-corrected chi connectivity index (χ3v) is 8.30. The lowest BCUT2D eigenvalue weighted by Gasteiger charge is -2.47. The van der Waals surface area contributed by atoms with E-state index in [0.717, 1.165) is 47.9 Å². The van der Waals surface area contributed by atoms with Crippen molar-refractivity contribution in [2.24, 2.45) is 0 Å². The largest absolute Gasteiger partial charge is 0.493 e. The Morgan fingerprint density at radius 2 is 1.71 bits per heavy atom. The molecule has 0 amide bonds. The summed E-state index contributed by atoms with van der Waals surface area (Å²) in [6.07, 6.45) is 9.00. The van der Waals surface area contributed by atoms with E-state index in [1.54, 1.807) is 21.3 Å². The number of benzene rings is 1. The molecule has 1 saturated carbocycles. The van der Waals surface area contributed by atoms with E-state index in [-0.39, 0.29) is 11.1 Å². The normalized spacial score (nSPS) is 19.8. The highest BCUT2D eigenvalue weighted by Crippen LogP contribution is 2.41. The first-order valence-corrected chi connectivity index (χ1v) is 14.4. The highest BCUT2D eigenvalue weighted by molar-refractivity contribution is 7.09. The molecule has 9 heteroatoms. The molecule has 2 aliphatic rings. The summed E-state index contributed by atoms with van der Waals surface area (Å²) in [6.45, 7) is 11.9. The van der Waals surface area contributed by atoms with E-state index in [2.05, 4.69) is 62.3 Å². The van der Waals surface area contributed by atoms with E-state index in [1.165, 1.54) is 24.4 Å². The van der Waals surface area contributed by atoms with Crippen LogP contribution in [0.3, 0.4) is 0 Å². The molecule has 1 aliphatic heterocycles. The van der Waals surface area contributed by atoms with Crippen LogP contribution in [0.5, 0.6) is 17.2 Å². The number of rotatable bonds is 10. The number of ether oxygens (including phenoxy) is 3. The molecule has 1 saturated heterocycles. The highest BCUT2D eigenvalue weighted by atomic mass is 32.1. The standard InChI is InChI=1S/C29H45N5O3S/c1-19(30-21-16-28(2,3)33-29(4,5)17-21)15-24-31-27(38-32-24)34(22-11-9-10-12-22)18-20-13-14-23(35-6)26(37-8)25(20)36-7/h13-15,21-22,30,33H,9-12,16-18H2,1-8H3. The zero-order valence-corrected chi connectivity index (χ0v) is 25.1. The predicted octanol–water partition coefficient (Wildman–Crippen LogP) is 5.77. The Hall–Kier alpha value is -2.52. The van der Waals surface area contributed by atoms with Gasteiger partial charge in [0.15, 0.2) is 17.3 Å². The fourth-order valence-corrected chi connectivity index (χ4v) is 7.14. The highest BCUT2D eigenvalue weighted by Gasteiger charge is 2.37. The molecule has 2 heterocycles. The van der Waals surface area contributed by atoms with E-state index in [1.807, 2.05) is 6.07 Å². The van der Waals surface area contributed by atoms with Crippen molar-refractivity contribution in [3.05, 3.63) is 29.2 Å². The van der Waals surface area contributed by atoms with Crippen LogP contribution in [-0.4, -0.2) is 53.8 Å². The van der Waals surface area contributed by atoms with E-state index >= 15 is 0 Å². The molecule has 0 bridgehead atoms. The van der Waals surface area contributed by atoms with Crippen LogP contribution in [0, 0.1) is 0 Å². The Bertz CT molecular complexity index is 1110. The second-order valence-electron chi connectivity index (χ2n) is 12.0. The number of hydrogen-bond donors (Lipinski definition) is 2. The number of piperidine rings is 1. The van der Waals surface area contributed by atoms with Gasteiger partial charge in [-0.3, -0.25) is 0 Å². The van der Waals surface area contributed by atoms with Crippen molar-refractivity contribution in [3.63, 3.8) is 0 Å². The molecule has 0 atom stereocenters. The van der Waals surface area contributed by atoms with Gasteiger partial charge in [-0.1, -0.05) is 12.8 Å². The van der Waals surface area contributed by atoms with Crippen molar-refractivity contribution in [3.8, 4) is 17.2 Å². The minimum atomic E-state index is 0.0960. The van der Waals surface area contributed by atoms with Crippen LogP contribution in [0.25, 0.3) is 6.08 Å².